The Kier molecular flexibility index (Phi) is 7.96. The number of aryl methyl sites for hydroxylation is 2. The number of amides is 1. The lowest BCUT2D eigenvalue weighted by atomic mass is 9.87. The smallest absolute Gasteiger partial charge is 0.250 e. The van der Waals surface area contributed by atoms with Crippen LogP contribution in [0.4, 0.5) is 5.69 Å². The Hall–Kier alpha value is -3.36. The van der Waals surface area contributed by atoms with Crippen molar-refractivity contribution >= 4 is 21.4 Å². The maximum absolute atomic E-state index is 12.8. The predicted molar refractivity (Wildman–Crippen MR) is 138 cm³/mol. The number of hydrogen-bond donors (Lipinski definition) is 2. The van der Waals surface area contributed by atoms with Gasteiger partial charge in [-0.1, -0.05) is 36.8 Å². The molecule has 0 aromatic heterocycles. The van der Waals surface area contributed by atoms with E-state index in [1.54, 1.807) is 12.1 Å². The van der Waals surface area contributed by atoms with E-state index >= 15 is 0 Å². The Morgan fingerprint density at radius 3 is 2.36 bits per heavy atom. The first-order valence-corrected chi connectivity index (χ1v) is 13.6. The van der Waals surface area contributed by atoms with Gasteiger partial charge >= 0.3 is 0 Å². The van der Waals surface area contributed by atoms with Gasteiger partial charge in [0.15, 0.2) is 9.84 Å². The van der Waals surface area contributed by atoms with Crippen LogP contribution in [0.5, 0.6) is 17.2 Å². The van der Waals surface area contributed by atoms with Crippen LogP contribution >= 0.6 is 0 Å². The van der Waals surface area contributed by atoms with Crippen LogP contribution in [0.15, 0.2) is 65.6 Å². The number of phenols is 1. The molecule has 2 N–H and O–H groups in total. The molecular weight excluding hydrogens is 478 g/mol. The Balaban J connectivity index is 1.41. The van der Waals surface area contributed by atoms with Gasteiger partial charge in [-0.2, -0.15) is 0 Å². The molecule has 190 valence electrons. The van der Waals surface area contributed by atoms with Gasteiger partial charge in [-0.15, -0.1) is 0 Å². The van der Waals surface area contributed by atoms with Crippen LogP contribution in [0.3, 0.4) is 0 Å². The standard InChI is InChI=1S/C28H31NO6S/c1-19-13-23(29-27(31)17-34-16-21-7-4-3-5-8-21)14-20(2)28(19)35-24-11-12-25(30)26(15-24)36(32,33)18-22-9-6-10-22/h3-5,7-8,11-15,22,30H,6,9-10,16-18H2,1-2H3,(H,29,31). The van der Waals surface area contributed by atoms with E-state index in [2.05, 4.69) is 5.32 Å². The first-order valence-electron chi connectivity index (χ1n) is 12.0. The van der Waals surface area contributed by atoms with Crippen LogP contribution in [0.1, 0.15) is 36.0 Å². The number of carbonyl (C=O) groups is 1. The highest BCUT2D eigenvalue weighted by molar-refractivity contribution is 7.91. The van der Waals surface area contributed by atoms with Gasteiger partial charge in [0.05, 0.1) is 12.4 Å². The summed E-state index contributed by atoms with van der Waals surface area (Å²) in [6.07, 6.45) is 2.85. The number of carbonyl (C=O) groups excluding carboxylic acids is 1. The zero-order valence-electron chi connectivity index (χ0n) is 20.5. The number of sulfone groups is 1. The zero-order valence-corrected chi connectivity index (χ0v) is 21.3. The Morgan fingerprint density at radius 1 is 1.03 bits per heavy atom. The number of aromatic hydroxyl groups is 1. The fourth-order valence-corrected chi connectivity index (χ4v) is 6.02. The third-order valence-electron chi connectivity index (χ3n) is 6.25. The topological polar surface area (TPSA) is 102 Å². The van der Waals surface area contributed by atoms with Crippen LogP contribution in [-0.4, -0.2) is 31.8 Å². The van der Waals surface area contributed by atoms with Crippen molar-refractivity contribution < 1.29 is 27.8 Å². The molecule has 7 nitrogen and oxygen atoms in total. The summed E-state index contributed by atoms with van der Waals surface area (Å²) in [5.74, 6) is 0.514. The number of anilines is 1. The van der Waals surface area contributed by atoms with E-state index in [4.69, 9.17) is 9.47 Å². The first-order chi connectivity index (χ1) is 17.2. The number of benzene rings is 3. The highest BCUT2D eigenvalue weighted by Gasteiger charge is 2.28. The second-order valence-corrected chi connectivity index (χ2v) is 11.3. The highest BCUT2D eigenvalue weighted by atomic mass is 32.2. The van der Waals surface area contributed by atoms with Crippen molar-refractivity contribution in [3.05, 3.63) is 77.4 Å². The summed E-state index contributed by atoms with van der Waals surface area (Å²) in [6.45, 7) is 3.97. The average Bonchev–Trinajstić information content (AvgIpc) is 2.80. The summed E-state index contributed by atoms with van der Waals surface area (Å²) in [4.78, 5) is 12.2. The van der Waals surface area contributed by atoms with Crippen molar-refractivity contribution in [1.82, 2.24) is 0 Å². The van der Waals surface area contributed by atoms with Crippen molar-refractivity contribution in [3.8, 4) is 17.2 Å². The fourth-order valence-electron chi connectivity index (χ4n) is 4.20. The molecule has 3 aromatic carbocycles. The van der Waals surface area contributed by atoms with E-state index in [-0.39, 0.29) is 34.8 Å². The molecule has 3 aromatic rings. The van der Waals surface area contributed by atoms with E-state index in [1.165, 1.54) is 18.2 Å². The number of nitrogens with one attached hydrogen (secondary N) is 1. The Bertz CT molecular complexity index is 1310. The molecule has 8 heteroatoms. The van der Waals surface area contributed by atoms with Gasteiger partial charge in [0.2, 0.25) is 5.91 Å². The van der Waals surface area contributed by atoms with Gasteiger partial charge in [-0.25, -0.2) is 8.42 Å². The zero-order chi connectivity index (χ0) is 25.7. The molecule has 1 saturated carbocycles. The number of phenolic OH excluding ortho intramolecular Hbond substituents is 1. The van der Waals surface area contributed by atoms with Crippen LogP contribution in [-0.2, 0) is 26.0 Å². The minimum Gasteiger partial charge on any atom is -0.507 e. The van der Waals surface area contributed by atoms with Gasteiger partial charge < -0.3 is 19.9 Å². The molecule has 1 fully saturated rings. The second-order valence-electron chi connectivity index (χ2n) is 9.28. The number of ether oxygens (including phenoxy) is 2. The van der Waals surface area contributed by atoms with Crippen molar-refractivity contribution in [1.29, 1.82) is 0 Å². The Morgan fingerprint density at radius 2 is 1.72 bits per heavy atom. The summed E-state index contributed by atoms with van der Waals surface area (Å²) in [7, 11) is -3.62. The molecule has 36 heavy (non-hydrogen) atoms. The third-order valence-corrected chi connectivity index (χ3v) is 8.16. The molecule has 1 aliphatic carbocycles. The van der Waals surface area contributed by atoms with Gasteiger partial charge in [0.25, 0.3) is 0 Å². The minimum atomic E-state index is -3.62. The van der Waals surface area contributed by atoms with Gasteiger partial charge in [-0.3, -0.25) is 4.79 Å². The third kappa shape index (κ3) is 6.44. The van der Waals surface area contributed by atoms with Crippen molar-refractivity contribution in [2.75, 3.05) is 17.7 Å². The average molecular weight is 510 g/mol. The molecule has 4 rings (SSSR count). The molecule has 0 heterocycles. The predicted octanol–water partition coefficient (Wildman–Crippen LogP) is 5.53. The highest BCUT2D eigenvalue weighted by Crippen LogP contribution is 2.37. The molecule has 1 aliphatic rings. The van der Waals surface area contributed by atoms with Crippen molar-refractivity contribution in [2.45, 2.75) is 44.6 Å². The second kappa shape index (κ2) is 11.1. The molecule has 0 atom stereocenters. The summed E-state index contributed by atoms with van der Waals surface area (Å²) >= 11 is 0. The molecule has 0 saturated heterocycles. The molecule has 0 bridgehead atoms. The van der Waals surface area contributed by atoms with E-state index in [0.29, 0.717) is 23.8 Å². The van der Waals surface area contributed by atoms with Crippen LogP contribution in [0, 0.1) is 19.8 Å². The molecule has 0 radical (unpaired) electrons. The van der Waals surface area contributed by atoms with Crippen LogP contribution < -0.4 is 10.1 Å². The maximum Gasteiger partial charge on any atom is 0.250 e. The summed E-state index contributed by atoms with van der Waals surface area (Å²) < 4.78 is 37.2. The van der Waals surface area contributed by atoms with E-state index in [0.717, 1.165) is 36.0 Å². The molecular formula is C28H31NO6S. The molecule has 0 aliphatic heterocycles. The first kappa shape index (κ1) is 25.7. The lowest BCUT2D eigenvalue weighted by molar-refractivity contribution is -0.121. The quantitative estimate of drug-likeness (QED) is 0.373. The summed E-state index contributed by atoms with van der Waals surface area (Å²) in [5.41, 5.74) is 3.14. The van der Waals surface area contributed by atoms with E-state index in [9.17, 15) is 18.3 Å². The number of rotatable bonds is 10. The molecule has 0 unspecified atom stereocenters. The molecule has 0 spiro atoms. The maximum atomic E-state index is 12.8. The van der Waals surface area contributed by atoms with Gasteiger partial charge in [-0.05, 0) is 73.6 Å². The monoisotopic (exact) mass is 509 g/mol. The van der Waals surface area contributed by atoms with Crippen LogP contribution in [0.25, 0.3) is 0 Å². The fraction of sp³-hybridized carbons (Fsp3) is 0.321. The lowest BCUT2D eigenvalue weighted by Gasteiger charge is -2.25. The van der Waals surface area contributed by atoms with Crippen molar-refractivity contribution in [3.63, 3.8) is 0 Å². The van der Waals surface area contributed by atoms with Crippen molar-refractivity contribution in [2.24, 2.45) is 5.92 Å². The largest absolute Gasteiger partial charge is 0.507 e. The van der Waals surface area contributed by atoms with E-state index in [1.807, 2.05) is 44.2 Å². The summed E-state index contributed by atoms with van der Waals surface area (Å²) in [5, 5.41) is 13.0. The van der Waals surface area contributed by atoms with Gasteiger partial charge in [0.1, 0.15) is 28.8 Å². The number of hydrogen-bond acceptors (Lipinski definition) is 6. The van der Waals surface area contributed by atoms with Gasteiger partial charge in [0, 0.05) is 11.8 Å². The van der Waals surface area contributed by atoms with Crippen LogP contribution in [0.2, 0.25) is 0 Å². The summed E-state index contributed by atoms with van der Waals surface area (Å²) in [6, 6.07) is 17.5. The minimum absolute atomic E-state index is 0.0333. The SMILES string of the molecule is Cc1cc(NC(=O)COCc2ccccc2)cc(C)c1Oc1ccc(O)c(S(=O)(=O)CC2CCC2)c1. The Labute approximate surface area is 212 Å². The normalized spacial score (nSPS) is 13.7. The van der Waals surface area contributed by atoms with E-state index < -0.39 is 9.84 Å². The lowest BCUT2D eigenvalue weighted by Crippen LogP contribution is -2.22. The molecule has 1 amide bonds.